The van der Waals surface area contributed by atoms with Crippen LogP contribution in [0.25, 0.3) is 0 Å². The molecule has 1 aliphatic rings. The average Bonchev–Trinajstić information content (AvgIpc) is 2.49. The number of hydrogen-bond donors (Lipinski definition) is 0. The first kappa shape index (κ1) is 10.7. The number of cyclic esters (lactones) is 1. The van der Waals surface area contributed by atoms with Gasteiger partial charge in [0.2, 0.25) is 5.90 Å². The predicted octanol–water partition coefficient (Wildman–Crippen LogP) is 2.59. The second-order valence-electron chi connectivity index (χ2n) is 3.32. The molecule has 0 radical (unpaired) electrons. The van der Waals surface area contributed by atoms with Gasteiger partial charge in [0.05, 0.1) is 0 Å². The van der Waals surface area contributed by atoms with Gasteiger partial charge >= 0.3 is 5.97 Å². The molecule has 1 rings (SSSR count). The van der Waals surface area contributed by atoms with Crippen LogP contribution in [-0.2, 0) is 9.53 Å². The van der Waals surface area contributed by atoms with Crippen LogP contribution in [0.1, 0.15) is 33.1 Å². The van der Waals surface area contributed by atoms with Gasteiger partial charge in [0.1, 0.15) is 5.70 Å². The van der Waals surface area contributed by atoms with E-state index in [1.54, 1.807) is 6.92 Å². The van der Waals surface area contributed by atoms with Crippen molar-refractivity contribution in [2.75, 3.05) is 0 Å². The number of nitrogens with zero attached hydrogens (tertiary/aromatic N) is 1. The zero-order valence-corrected chi connectivity index (χ0v) is 8.67. The number of esters is 1. The third-order valence-electron chi connectivity index (χ3n) is 1.88. The summed E-state index contributed by atoms with van der Waals surface area (Å²) in [5.41, 5.74) is 1.09. The summed E-state index contributed by atoms with van der Waals surface area (Å²) in [6.07, 6.45) is 4.86. The number of carbonyl (C=O) groups excluding carboxylic acids is 1. The molecule has 0 bridgehead atoms. The van der Waals surface area contributed by atoms with Crippen molar-refractivity contribution in [2.24, 2.45) is 4.99 Å². The third kappa shape index (κ3) is 2.55. The molecule has 0 amide bonds. The van der Waals surface area contributed by atoms with E-state index < -0.39 is 0 Å². The monoisotopic (exact) mass is 193 g/mol. The van der Waals surface area contributed by atoms with Crippen molar-refractivity contribution in [2.45, 2.75) is 33.1 Å². The second kappa shape index (κ2) is 4.74. The lowest BCUT2D eigenvalue weighted by Gasteiger charge is -1.93. The van der Waals surface area contributed by atoms with E-state index in [0.717, 1.165) is 19.3 Å². The molecule has 0 aliphatic carbocycles. The van der Waals surface area contributed by atoms with Crippen molar-refractivity contribution >= 4 is 11.9 Å². The highest BCUT2D eigenvalue weighted by molar-refractivity contribution is 6.10. The molecule has 0 aromatic heterocycles. The Morgan fingerprint density at radius 3 is 2.86 bits per heavy atom. The molecule has 0 saturated carbocycles. The standard InChI is InChI=1S/C11H15NO2/c1-4-5-6-7-9-11(13)14-10(12-9)8(2)3/h7H,2,4-6H2,1,3H3/b9-7-. The van der Waals surface area contributed by atoms with Crippen LogP contribution >= 0.6 is 0 Å². The van der Waals surface area contributed by atoms with Crippen LogP contribution in [-0.4, -0.2) is 11.9 Å². The zero-order valence-electron chi connectivity index (χ0n) is 8.67. The molecular formula is C11H15NO2. The van der Waals surface area contributed by atoms with E-state index in [-0.39, 0.29) is 5.97 Å². The summed E-state index contributed by atoms with van der Waals surface area (Å²) in [7, 11) is 0. The first-order valence-electron chi connectivity index (χ1n) is 4.82. The Kier molecular flexibility index (Phi) is 3.63. The topological polar surface area (TPSA) is 38.7 Å². The van der Waals surface area contributed by atoms with Gasteiger partial charge in [-0.05, 0) is 19.8 Å². The zero-order chi connectivity index (χ0) is 10.6. The third-order valence-corrected chi connectivity index (χ3v) is 1.88. The minimum atomic E-state index is -0.362. The molecule has 3 nitrogen and oxygen atoms in total. The molecule has 0 fully saturated rings. The van der Waals surface area contributed by atoms with E-state index in [1.165, 1.54) is 0 Å². The summed E-state index contributed by atoms with van der Waals surface area (Å²) in [6, 6.07) is 0. The Morgan fingerprint density at radius 1 is 1.64 bits per heavy atom. The molecule has 0 aromatic rings. The second-order valence-corrected chi connectivity index (χ2v) is 3.32. The number of ether oxygens (including phenoxy) is 1. The fourth-order valence-electron chi connectivity index (χ4n) is 1.07. The Bertz CT molecular complexity index is 313. The van der Waals surface area contributed by atoms with Gasteiger partial charge in [-0.2, -0.15) is 0 Å². The van der Waals surface area contributed by atoms with Crippen LogP contribution in [0, 0.1) is 0 Å². The summed E-state index contributed by atoms with van der Waals surface area (Å²) < 4.78 is 4.91. The molecule has 0 N–H and O–H groups in total. The smallest absolute Gasteiger partial charge is 0.363 e. The van der Waals surface area contributed by atoms with Gasteiger partial charge in [-0.3, -0.25) is 0 Å². The SMILES string of the molecule is C=C(C)C1=N/C(=C\CCCC)C(=O)O1. The molecule has 0 saturated heterocycles. The summed E-state index contributed by atoms with van der Waals surface area (Å²) in [5, 5.41) is 0. The Morgan fingerprint density at radius 2 is 2.36 bits per heavy atom. The molecule has 0 aromatic carbocycles. The van der Waals surface area contributed by atoms with Crippen LogP contribution in [0.2, 0.25) is 0 Å². The quantitative estimate of drug-likeness (QED) is 0.391. The van der Waals surface area contributed by atoms with E-state index >= 15 is 0 Å². The number of unbranched alkanes of at least 4 members (excludes halogenated alkanes) is 2. The highest BCUT2D eigenvalue weighted by atomic mass is 16.6. The van der Waals surface area contributed by atoms with Crippen molar-refractivity contribution in [1.29, 1.82) is 0 Å². The molecule has 1 heterocycles. The molecule has 76 valence electrons. The minimum absolute atomic E-state index is 0.345. The van der Waals surface area contributed by atoms with Crippen molar-refractivity contribution in [3.63, 3.8) is 0 Å². The van der Waals surface area contributed by atoms with Crippen molar-refractivity contribution < 1.29 is 9.53 Å². The minimum Gasteiger partial charge on any atom is -0.402 e. The van der Waals surface area contributed by atoms with E-state index in [9.17, 15) is 4.79 Å². The summed E-state index contributed by atoms with van der Waals surface area (Å²) in [4.78, 5) is 15.3. The highest BCUT2D eigenvalue weighted by Gasteiger charge is 2.22. The number of rotatable bonds is 4. The van der Waals surface area contributed by atoms with Crippen LogP contribution in [0.4, 0.5) is 0 Å². The Labute approximate surface area is 84.2 Å². The van der Waals surface area contributed by atoms with Crippen molar-refractivity contribution in [3.8, 4) is 0 Å². The fraction of sp³-hybridized carbons (Fsp3) is 0.455. The summed E-state index contributed by atoms with van der Waals surface area (Å²) in [5.74, 6) is -0.0168. The maximum absolute atomic E-state index is 11.2. The molecule has 0 spiro atoms. The van der Waals surface area contributed by atoms with Crippen LogP contribution in [0.15, 0.2) is 28.9 Å². The maximum atomic E-state index is 11.2. The van der Waals surface area contributed by atoms with Gasteiger partial charge in [-0.25, -0.2) is 9.79 Å². The number of hydrogen-bond acceptors (Lipinski definition) is 3. The lowest BCUT2D eigenvalue weighted by Crippen LogP contribution is -2.04. The first-order chi connectivity index (χ1) is 6.65. The van der Waals surface area contributed by atoms with Gasteiger partial charge in [0, 0.05) is 5.57 Å². The van der Waals surface area contributed by atoms with E-state index in [0.29, 0.717) is 17.2 Å². The molecular weight excluding hydrogens is 178 g/mol. The molecule has 0 unspecified atom stereocenters. The molecule has 0 atom stereocenters. The molecule has 1 aliphatic heterocycles. The van der Waals surface area contributed by atoms with E-state index in [1.807, 2.05) is 6.08 Å². The summed E-state index contributed by atoms with van der Waals surface area (Å²) >= 11 is 0. The predicted molar refractivity (Wildman–Crippen MR) is 55.9 cm³/mol. The summed E-state index contributed by atoms with van der Waals surface area (Å²) in [6.45, 7) is 7.54. The van der Waals surface area contributed by atoms with E-state index in [2.05, 4.69) is 18.5 Å². The van der Waals surface area contributed by atoms with Gasteiger partial charge in [0.25, 0.3) is 0 Å². The Balaban J connectivity index is 2.66. The number of aliphatic imine (C=N–C) groups is 1. The Hall–Kier alpha value is -1.38. The molecule has 3 heteroatoms. The maximum Gasteiger partial charge on any atom is 0.363 e. The van der Waals surface area contributed by atoms with Gasteiger partial charge in [-0.1, -0.05) is 26.0 Å². The van der Waals surface area contributed by atoms with Crippen LogP contribution in [0.5, 0.6) is 0 Å². The normalized spacial score (nSPS) is 18.3. The van der Waals surface area contributed by atoms with Crippen LogP contribution in [0.3, 0.4) is 0 Å². The number of carbonyl (C=O) groups is 1. The lowest BCUT2D eigenvalue weighted by atomic mass is 10.2. The number of allylic oxidation sites excluding steroid dienone is 1. The average molecular weight is 193 g/mol. The highest BCUT2D eigenvalue weighted by Crippen LogP contribution is 2.15. The fourth-order valence-corrected chi connectivity index (χ4v) is 1.07. The lowest BCUT2D eigenvalue weighted by molar-refractivity contribution is -0.130. The van der Waals surface area contributed by atoms with Crippen molar-refractivity contribution in [3.05, 3.63) is 23.9 Å². The van der Waals surface area contributed by atoms with Crippen LogP contribution < -0.4 is 0 Å². The van der Waals surface area contributed by atoms with Gasteiger partial charge in [-0.15, -0.1) is 0 Å². The first-order valence-corrected chi connectivity index (χ1v) is 4.82. The van der Waals surface area contributed by atoms with Crippen molar-refractivity contribution in [1.82, 2.24) is 0 Å². The van der Waals surface area contributed by atoms with Gasteiger partial charge in [0.15, 0.2) is 0 Å². The largest absolute Gasteiger partial charge is 0.402 e. The molecule has 14 heavy (non-hydrogen) atoms. The van der Waals surface area contributed by atoms with Gasteiger partial charge < -0.3 is 4.74 Å². The van der Waals surface area contributed by atoms with E-state index in [4.69, 9.17) is 4.74 Å².